The van der Waals surface area contributed by atoms with E-state index in [1.165, 1.54) is 23.1 Å². The van der Waals surface area contributed by atoms with Crippen molar-refractivity contribution >= 4 is 30.4 Å². The van der Waals surface area contributed by atoms with Gasteiger partial charge >= 0.3 is 0 Å². The van der Waals surface area contributed by atoms with Gasteiger partial charge < -0.3 is 0 Å². The van der Waals surface area contributed by atoms with Gasteiger partial charge in [-0.2, -0.15) is 0 Å². The van der Waals surface area contributed by atoms with Crippen LogP contribution in [-0.2, 0) is 0 Å². The maximum atomic E-state index is 4.58. The normalized spacial score (nSPS) is 27.1. The molecule has 5 aliphatic rings. The molecule has 7 rings (SSSR count). The van der Waals surface area contributed by atoms with E-state index in [0.717, 1.165) is 29.7 Å². The Hall–Kier alpha value is -3.55. The summed E-state index contributed by atoms with van der Waals surface area (Å²) in [5.74, 6) is 2.12. The van der Waals surface area contributed by atoms with Crippen molar-refractivity contribution in [2.45, 2.75) is 30.6 Å². The highest BCUT2D eigenvalue weighted by atomic mass is 32.1. The summed E-state index contributed by atoms with van der Waals surface area (Å²) in [5, 5.41) is 0. The minimum absolute atomic E-state index is 0.446. The fourth-order valence-corrected chi connectivity index (χ4v) is 7.23. The number of allylic oxidation sites excluding steroid dienone is 16. The predicted octanol–water partition coefficient (Wildman–Crippen LogP) is 10.00. The van der Waals surface area contributed by atoms with Crippen LogP contribution in [0, 0.1) is 23.7 Å². The van der Waals surface area contributed by atoms with Gasteiger partial charge in [-0.15, -0.1) is 12.6 Å². The van der Waals surface area contributed by atoms with Crippen LogP contribution in [0.25, 0.3) is 17.7 Å². The Labute approximate surface area is 238 Å². The van der Waals surface area contributed by atoms with Gasteiger partial charge in [0.1, 0.15) is 0 Å². The molecule has 0 N–H and O–H groups in total. The largest absolute Gasteiger partial charge is 0.143 e. The lowest BCUT2D eigenvalue weighted by Crippen LogP contribution is -2.28. The Bertz CT molecular complexity index is 1560. The zero-order chi connectivity index (χ0) is 26.2. The summed E-state index contributed by atoms with van der Waals surface area (Å²) in [7, 11) is 0. The van der Waals surface area contributed by atoms with Gasteiger partial charge in [0.05, 0.1) is 0 Å². The van der Waals surface area contributed by atoms with Gasteiger partial charge in [0, 0.05) is 16.7 Å². The average molecular weight is 523 g/mol. The molecule has 1 heteroatoms. The molecule has 0 aliphatic heterocycles. The lowest BCUT2D eigenvalue weighted by atomic mass is 9.63. The highest BCUT2D eigenvalue weighted by molar-refractivity contribution is 7.80. The van der Waals surface area contributed by atoms with E-state index in [1.54, 1.807) is 22.3 Å². The minimum Gasteiger partial charge on any atom is -0.143 e. The topological polar surface area (TPSA) is 0 Å². The highest BCUT2D eigenvalue weighted by Gasteiger charge is 2.37. The van der Waals surface area contributed by atoms with E-state index in [0.29, 0.717) is 23.7 Å². The maximum Gasteiger partial charge on any atom is 0.0128 e. The number of benzene rings is 2. The van der Waals surface area contributed by atoms with Crippen LogP contribution in [0.1, 0.15) is 42.4 Å². The summed E-state index contributed by atoms with van der Waals surface area (Å²) in [5.41, 5.74) is 11.6. The van der Waals surface area contributed by atoms with Gasteiger partial charge in [-0.25, -0.2) is 0 Å². The van der Waals surface area contributed by atoms with Crippen LogP contribution in [0.2, 0.25) is 0 Å². The summed E-state index contributed by atoms with van der Waals surface area (Å²) in [6.45, 7) is 0. The van der Waals surface area contributed by atoms with E-state index in [4.69, 9.17) is 0 Å². The second-order valence-electron chi connectivity index (χ2n) is 11.3. The molecule has 0 spiro atoms. The molecular weight excluding hydrogens is 488 g/mol. The SMILES string of the molecule is Sc1ccccc1/C=C/c1ccc(C2=CC3=C(CC2)C2=C(C=CC(C4C=CC=CC4)C2)C2C=CC=CC32)cc1. The quantitative estimate of drug-likeness (QED) is 0.300. The van der Waals surface area contributed by atoms with Crippen molar-refractivity contribution in [2.24, 2.45) is 23.7 Å². The molecule has 0 bridgehead atoms. The molecule has 0 aromatic heterocycles. The van der Waals surface area contributed by atoms with Crippen molar-refractivity contribution in [1.29, 1.82) is 0 Å². The molecule has 192 valence electrons. The molecule has 0 heterocycles. The monoisotopic (exact) mass is 522 g/mol. The lowest BCUT2D eigenvalue weighted by molar-refractivity contribution is 0.455. The van der Waals surface area contributed by atoms with E-state index >= 15 is 0 Å². The number of hydrogen-bond donors (Lipinski definition) is 1. The molecule has 39 heavy (non-hydrogen) atoms. The third-order valence-corrected chi connectivity index (χ3v) is 9.50. The molecule has 2 aromatic rings. The number of fused-ring (bicyclic) bond motifs is 4. The smallest absolute Gasteiger partial charge is 0.0128 e. The zero-order valence-electron chi connectivity index (χ0n) is 22.2. The fourth-order valence-electron chi connectivity index (χ4n) is 7.00. The Morgan fingerprint density at radius 3 is 2.28 bits per heavy atom. The van der Waals surface area contributed by atoms with Crippen LogP contribution in [0.5, 0.6) is 0 Å². The molecule has 2 aromatic carbocycles. The van der Waals surface area contributed by atoms with E-state index in [1.807, 2.05) is 12.1 Å². The first-order chi connectivity index (χ1) is 19.2. The molecule has 0 nitrogen and oxygen atoms in total. The Balaban J connectivity index is 1.18. The lowest BCUT2D eigenvalue weighted by Gasteiger charge is -2.41. The second kappa shape index (κ2) is 10.5. The summed E-state index contributed by atoms with van der Waals surface area (Å²) >= 11 is 4.58. The fraction of sp³-hybridized carbons (Fsp3) is 0.211. The van der Waals surface area contributed by atoms with Crippen LogP contribution in [0.15, 0.2) is 143 Å². The Morgan fingerprint density at radius 1 is 0.692 bits per heavy atom. The van der Waals surface area contributed by atoms with Gasteiger partial charge in [0.25, 0.3) is 0 Å². The van der Waals surface area contributed by atoms with Crippen molar-refractivity contribution < 1.29 is 0 Å². The van der Waals surface area contributed by atoms with Crippen LogP contribution >= 0.6 is 12.6 Å². The molecule has 0 saturated heterocycles. The van der Waals surface area contributed by atoms with E-state index in [9.17, 15) is 0 Å². The standard InChI is InChI=1S/C38H34S/c39-38-13-7-4-10-29(38)19-16-26-14-17-28(18-15-26)31-21-23-35-36(25-31)33-12-6-5-11-32(33)34-22-20-30(24-37(34)35)27-8-2-1-3-9-27/h1-8,10-20,22,25,27,30,32-33,39H,9,21,23-24H2/b19-16+. The number of thiol groups is 1. The molecular formula is C38H34S. The highest BCUT2D eigenvalue weighted by Crippen LogP contribution is 2.51. The van der Waals surface area contributed by atoms with Crippen LogP contribution in [-0.4, -0.2) is 0 Å². The van der Waals surface area contributed by atoms with Crippen LogP contribution in [0.3, 0.4) is 0 Å². The molecule has 0 amide bonds. The predicted molar refractivity (Wildman–Crippen MR) is 169 cm³/mol. The van der Waals surface area contributed by atoms with E-state index in [2.05, 4.69) is 128 Å². The van der Waals surface area contributed by atoms with Gasteiger partial charge in [-0.1, -0.05) is 121 Å². The number of rotatable bonds is 4. The average Bonchev–Trinajstić information content (AvgIpc) is 3.01. The minimum atomic E-state index is 0.446. The Morgan fingerprint density at radius 2 is 1.49 bits per heavy atom. The molecule has 0 radical (unpaired) electrons. The third-order valence-electron chi connectivity index (χ3n) is 9.09. The first-order valence-corrected chi connectivity index (χ1v) is 14.8. The van der Waals surface area contributed by atoms with Crippen molar-refractivity contribution in [3.05, 3.63) is 154 Å². The summed E-state index contributed by atoms with van der Waals surface area (Å²) in [6, 6.07) is 17.3. The summed E-state index contributed by atoms with van der Waals surface area (Å²) < 4.78 is 0. The van der Waals surface area contributed by atoms with Crippen molar-refractivity contribution in [3.63, 3.8) is 0 Å². The molecule has 4 unspecified atom stereocenters. The summed E-state index contributed by atoms with van der Waals surface area (Å²) in [4.78, 5) is 1.00. The van der Waals surface area contributed by atoms with E-state index < -0.39 is 0 Å². The van der Waals surface area contributed by atoms with Crippen molar-refractivity contribution in [2.75, 3.05) is 0 Å². The van der Waals surface area contributed by atoms with Gasteiger partial charge in [-0.3, -0.25) is 0 Å². The van der Waals surface area contributed by atoms with Gasteiger partial charge in [-0.05, 0) is 88.1 Å². The molecule has 0 fully saturated rings. The van der Waals surface area contributed by atoms with Gasteiger partial charge in [0.15, 0.2) is 0 Å². The first kappa shape index (κ1) is 24.5. The van der Waals surface area contributed by atoms with E-state index in [-0.39, 0.29) is 0 Å². The van der Waals surface area contributed by atoms with Crippen molar-refractivity contribution in [1.82, 2.24) is 0 Å². The first-order valence-electron chi connectivity index (χ1n) is 14.3. The number of hydrogen-bond acceptors (Lipinski definition) is 1. The third kappa shape index (κ3) is 4.74. The van der Waals surface area contributed by atoms with Crippen LogP contribution in [0.4, 0.5) is 0 Å². The molecule has 5 aliphatic carbocycles. The maximum absolute atomic E-state index is 4.58. The Kier molecular flexibility index (Phi) is 6.62. The zero-order valence-corrected chi connectivity index (χ0v) is 23.1. The van der Waals surface area contributed by atoms with Crippen molar-refractivity contribution in [3.8, 4) is 0 Å². The van der Waals surface area contributed by atoms with Crippen LogP contribution < -0.4 is 0 Å². The molecule has 0 saturated carbocycles. The molecule has 4 atom stereocenters. The second-order valence-corrected chi connectivity index (χ2v) is 11.8. The summed E-state index contributed by atoms with van der Waals surface area (Å²) in [6.07, 6.45) is 35.0. The van der Waals surface area contributed by atoms with Gasteiger partial charge in [0.2, 0.25) is 0 Å².